The number of halogens is 3. The van der Waals surface area contributed by atoms with E-state index in [1.54, 1.807) is 0 Å². The van der Waals surface area contributed by atoms with Gasteiger partial charge in [0.05, 0.1) is 13.2 Å². The minimum Gasteiger partial charge on any atom is -0.491 e. The van der Waals surface area contributed by atoms with Crippen molar-refractivity contribution in [3.05, 3.63) is 23.3 Å². The van der Waals surface area contributed by atoms with E-state index < -0.39 is 11.7 Å². The lowest BCUT2D eigenvalue weighted by atomic mass is 10.1. The second kappa shape index (κ2) is 8.09. The third-order valence-electron chi connectivity index (χ3n) is 2.75. The van der Waals surface area contributed by atoms with Gasteiger partial charge in [0.25, 0.3) is 0 Å². The summed E-state index contributed by atoms with van der Waals surface area (Å²) < 4.78 is 59.6. The lowest BCUT2D eigenvalue weighted by Crippen LogP contribution is -2.14. The predicted octanol–water partition coefficient (Wildman–Crippen LogP) is 3.06. The summed E-state index contributed by atoms with van der Waals surface area (Å²) in [5.41, 5.74) is -0.831. The molecule has 0 fully saturated rings. The van der Waals surface area contributed by atoms with Crippen LogP contribution in [-0.4, -0.2) is 40.6 Å². The minimum atomic E-state index is -4.52. The van der Waals surface area contributed by atoms with Crippen LogP contribution < -0.4 is 9.47 Å². The first kappa shape index (κ1) is 17.6. The van der Waals surface area contributed by atoms with Gasteiger partial charge in [0.2, 0.25) is 0 Å². The summed E-state index contributed by atoms with van der Waals surface area (Å²) in [7, 11) is 2.94. The van der Waals surface area contributed by atoms with Crippen molar-refractivity contribution in [2.24, 2.45) is 0 Å². The SMILES string of the molecule is COCCOc1ccc(OCCOC)c(C(F)(F)F)c1C. The molecular weight excluding hydrogens is 289 g/mol. The summed E-state index contributed by atoms with van der Waals surface area (Å²) in [5, 5.41) is 0. The standard InChI is InChI=1S/C14H19F3O4/c1-10-11(20-8-6-18-2)4-5-12(21-9-7-19-3)13(10)14(15,16)17/h4-5H,6-9H2,1-3H3. The molecule has 0 heterocycles. The molecule has 21 heavy (non-hydrogen) atoms. The average molecular weight is 308 g/mol. The molecule has 0 radical (unpaired) electrons. The van der Waals surface area contributed by atoms with Gasteiger partial charge in [0.1, 0.15) is 30.3 Å². The third-order valence-corrected chi connectivity index (χ3v) is 2.75. The number of hydrogen-bond donors (Lipinski definition) is 0. The number of hydrogen-bond acceptors (Lipinski definition) is 4. The van der Waals surface area contributed by atoms with Crippen LogP contribution in [0, 0.1) is 6.92 Å². The maximum absolute atomic E-state index is 13.2. The zero-order valence-electron chi connectivity index (χ0n) is 12.3. The van der Waals surface area contributed by atoms with Crippen LogP contribution in [0.15, 0.2) is 12.1 Å². The molecule has 1 aromatic rings. The van der Waals surface area contributed by atoms with Gasteiger partial charge in [-0.1, -0.05) is 0 Å². The fourth-order valence-electron chi connectivity index (χ4n) is 1.77. The van der Waals surface area contributed by atoms with Crippen LogP contribution in [0.25, 0.3) is 0 Å². The van der Waals surface area contributed by atoms with Crippen LogP contribution in [0.2, 0.25) is 0 Å². The number of ether oxygens (including phenoxy) is 4. The van der Waals surface area contributed by atoms with Crippen LogP contribution in [0.4, 0.5) is 13.2 Å². The molecule has 0 saturated carbocycles. The smallest absolute Gasteiger partial charge is 0.420 e. The number of benzene rings is 1. The molecule has 0 amide bonds. The zero-order chi connectivity index (χ0) is 15.9. The lowest BCUT2D eigenvalue weighted by molar-refractivity contribution is -0.139. The lowest BCUT2D eigenvalue weighted by Gasteiger charge is -2.19. The first-order chi connectivity index (χ1) is 9.91. The first-order valence-corrected chi connectivity index (χ1v) is 6.36. The highest BCUT2D eigenvalue weighted by Crippen LogP contribution is 2.41. The Hall–Kier alpha value is -1.47. The molecule has 4 nitrogen and oxygen atoms in total. The van der Waals surface area contributed by atoms with Gasteiger partial charge in [-0.05, 0) is 19.1 Å². The van der Waals surface area contributed by atoms with Crippen LogP contribution in [-0.2, 0) is 15.7 Å². The van der Waals surface area contributed by atoms with Crippen LogP contribution in [0.1, 0.15) is 11.1 Å². The molecule has 0 aromatic heterocycles. The van der Waals surface area contributed by atoms with Crippen molar-refractivity contribution < 1.29 is 32.1 Å². The Bertz CT molecular complexity index is 447. The maximum atomic E-state index is 13.2. The Balaban J connectivity index is 3.02. The maximum Gasteiger partial charge on any atom is 0.420 e. The van der Waals surface area contributed by atoms with Crippen molar-refractivity contribution in [3.63, 3.8) is 0 Å². The van der Waals surface area contributed by atoms with Gasteiger partial charge in [-0.2, -0.15) is 13.2 Å². The van der Waals surface area contributed by atoms with Gasteiger partial charge in [-0.3, -0.25) is 0 Å². The van der Waals surface area contributed by atoms with E-state index in [0.717, 1.165) is 0 Å². The van der Waals surface area contributed by atoms with Gasteiger partial charge in [-0.25, -0.2) is 0 Å². The second-order valence-corrected chi connectivity index (χ2v) is 4.24. The molecule has 1 aromatic carbocycles. The van der Waals surface area contributed by atoms with E-state index in [1.807, 2.05) is 0 Å². The normalized spacial score (nSPS) is 11.5. The zero-order valence-corrected chi connectivity index (χ0v) is 12.3. The first-order valence-electron chi connectivity index (χ1n) is 6.36. The van der Waals surface area contributed by atoms with Crippen molar-refractivity contribution in [1.29, 1.82) is 0 Å². The molecule has 0 N–H and O–H groups in total. The highest BCUT2D eigenvalue weighted by atomic mass is 19.4. The molecule has 0 bridgehead atoms. The van der Waals surface area contributed by atoms with Gasteiger partial charge < -0.3 is 18.9 Å². The number of methoxy groups -OCH3 is 2. The number of alkyl halides is 3. The Morgan fingerprint density at radius 2 is 1.33 bits per heavy atom. The highest BCUT2D eigenvalue weighted by Gasteiger charge is 2.37. The Labute approximate surface area is 121 Å². The van der Waals surface area contributed by atoms with Gasteiger partial charge in [-0.15, -0.1) is 0 Å². The molecular formula is C14H19F3O4. The Morgan fingerprint density at radius 1 is 0.857 bits per heavy atom. The minimum absolute atomic E-state index is 0.00600. The van der Waals surface area contributed by atoms with E-state index in [0.29, 0.717) is 6.61 Å². The summed E-state index contributed by atoms with van der Waals surface area (Å²) >= 11 is 0. The quantitative estimate of drug-likeness (QED) is 0.692. The Morgan fingerprint density at radius 3 is 1.81 bits per heavy atom. The molecule has 0 saturated heterocycles. The molecule has 0 aliphatic carbocycles. The van der Waals surface area contributed by atoms with Crippen LogP contribution >= 0.6 is 0 Å². The van der Waals surface area contributed by atoms with E-state index in [1.165, 1.54) is 33.3 Å². The van der Waals surface area contributed by atoms with Crippen molar-refractivity contribution in [3.8, 4) is 11.5 Å². The van der Waals surface area contributed by atoms with Gasteiger partial charge >= 0.3 is 6.18 Å². The molecule has 0 aliphatic heterocycles. The van der Waals surface area contributed by atoms with Gasteiger partial charge in [0, 0.05) is 19.8 Å². The molecule has 7 heteroatoms. The molecule has 1 rings (SSSR count). The third kappa shape index (κ3) is 5.09. The van der Waals surface area contributed by atoms with E-state index in [2.05, 4.69) is 0 Å². The summed E-state index contributed by atoms with van der Waals surface area (Å²) in [6.07, 6.45) is -4.52. The second-order valence-electron chi connectivity index (χ2n) is 4.24. The monoisotopic (exact) mass is 308 g/mol. The Kier molecular flexibility index (Phi) is 6.77. The molecule has 0 aliphatic rings. The predicted molar refractivity (Wildman–Crippen MR) is 70.9 cm³/mol. The van der Waals surface area contributed by atoms with Crippen molar-refractivity contribution in [1.82, 2.24) is 0 Å². The molecule has 120 valence electrons. The average Bonchev–Trinajstić information content (AvgIpc) is 2.40. The van der Waals surface area contributed by atoms with E-state index in [9.17, 15) is 13.2 Å². The number of rotatable bonds is 8. The van der Waals surface area contributed by atoms with Crippen molar-refractivity contribution in [2.45, 2.75) is 13.1 Å². The van der Waals surface area contributed by atoms with E-state index in [4.69, 9.17) is 18.9 Å². The van der Waals surface area contributed by atoms with Crippen molar-refractivity contribution in [2.75, 3.05) is 40.6 Å². The van der Waals surface area contributed by atoms with Crippen molar-refractivity contribution >= 4 is 0 Å². The molecule has 0 atom stereocenters. The highest BCUT2D eigenvalue weighted by molar-refractivity contribution is 5.49. The van der Waals surface area contributed by atoms with Crippen LogP contribution in [0.5, 0.6) is 11.5 Å². The fraction of sp³-hybridized carbons (Fsp3) is 0.571. The van der Waals surface area contributed by atoms with E-state index >= 15 is 0 Å². The fourth-order valence-corrected chi connectivity index (χ4v) is 1.77. The topological polar surface area (TPSA) is 36.9 Å². The van der Waals surface area contributed by atoms with Crippen LogP contribution in [0.3, 0.4) is 0 Å². The summed E-state index contributed by atoms with van der Waals surface area (Å²) in [5.74, 6) is -0.0605. The molecule has 0 unspecified atom stereocenters. The summed E-state index contributed by atoms with van der Waals surface area (Å²) in [6, 6.07) is 2.72. The largest absolute Gasteiger partial charge is 0.491 e. The van der Waals surface area contributed by atoms with E-state index in [-0.39, 0.29) is 36.9 Å². The summed E-state index contributed by atoms with van der Waals surface area (Å²) in [4.78, 5) is 0. The molecule has 0 spiro atoms. The summed E-state index contributed by atoms with van der Waals surface area (Å²) in [6.45, 7) is 2.09. The van der Waals surface area contributed by atoms with Gasteiger partial charge in [0.15, 0.2) is 0 Å².